The molecule has 0 aliphatic rings. The van der Waals surface area contributed by atoms with Crippen LogP contribution in [0.15, 0.2) is 33.8 Å². The van der Waals surface area contributed by atoms with Crippen molar-refractivity contribution in [2.45, 2.75) is 9.37 Å². The number of aromatic nitrogens is 2. The zero-order chi connectivity index (χ0) is 11.5. The maximum atomic E-state index is 10.7. The number of hydrogen-bond donors (Lipinski definition) is 0. The smallest absolute Gasteiger partial charge is 0.187 e. The molecule has 2 heterocycles. The Morgan fingerprint density at radius 2 is 2.25 bits per heavy atom. The van der Waals surface area contributed by atoms with Gasteiger partial charge in [0.1, 0.15) is 0 Å². The molecule has 0 bridgehead atoms. The molecular weight excluding hydrogens is 264 g/mol. The van der Waals surface area contributed by atoms with Crippen LogP contribution in [-0.4, -0.2) is 25.0 Å². The quantitative estimate of drug-likeness (QED) is 0.486. The third-order valence-electron chi connectivity index (χ3n) is 1.81. The van der Waals surface area contributed by atoms with E-state index in [9.17, 15) is 8.76 Å². The molecule has 4 nitrogen and oxygen atoms in total. The summed E-state index contributed by atoms with van der Waals surface area (Å²) in [4.78, 5) is 9.19. The van der Waals surface area contributed by atoms with Crippen molar-refractivity contribution in [3.05, 3.63) is 24.4 Å². The van der Waals surface area contributed by atoms with Crippen molar-refractivity contribution >= 4 is 34.2 Å². The van der Waals surface area contributed by atoms with Crippen LogP contribution in [0.25, 0.3) is 10.6 Å². The van der Waals surface area contributed by atoms with Gasteiger partial charge in [-0.2, -0.15) is 0 Å². The van der Waals surface area contributed by atoms with Crippen LogP contribution in [0.5, 0.6) is 0 Å². The molecule has 1 unspecified atom stereocenters. The monoisotopic (exact) mass is 271 g/mol. The minimum absolute atomic E-state index is 0.319. The fourth-order valence-corrected chi connectivity index (χ4v) is 2.91. The van der Waals surface area contributed by atoms with Gasteiger partial charge in [0.05, 0.1) is 14.8 Å². The molecule has 7 heteroatoms. The van der Waals surface area contributed by atoms with Crippen molar-refractivity contribution in [2.75, 3.05) is 6.26 Å². The van der Waals surface area contributed by atoms with E-state index >= 15 is 0 Å². The summed E-state index contributed by atoms with van der Waals surface area (Å²) in [5.41, 5.74) is 0.751. The average molecular weight is 271 g/mol. The Balaban J connectivity index is 2.38. The van der Waals surface area contributed by atoms with Gasteiger partial charge in [-0.3, -0.25) is 4.21 Å². The van der Waals surface area contributed by atoms with Crippen molar-refractivity contribution in [3.63, 3.8) is 0 Å². The minimum Gasteiger partial charge on any atom is -0.768 e. The van der Waals surface area contributed by atoms with E-state index in [0.29, 0.717) is 9.37 Å². The molecule has 0 saturated heterocycles. The summed E-state index contributed by atoms with van der Waals surface area (Å²) in [6, 6.07) is 5.09. The molecule has 16 heavy (non-hydrogen) atoms. The highest BCUT2D eigenvalue weighted by molar-refractivity contribution is 7.98. The van der Waals surface area contributed by atoms with Crippen LogP contribution in [0, 0.1) is 0 Å². The van der Waals surface area contributed by atoms with Gasteiger partial charge in [0.25, 0.3) is 0 Å². The Morgan fingerprint density at radius 1 is 1.44 bits per heavy atom. The van der Waals surface area contributed by atoms with E-state index in [1.54, 1.807) is 24.4 Å². The normalized spacial score (nSPS) is 12.6. The van der Waals surface area contributed by atoms with Gasteiger partial charge in [0, 0.05) is 6.20 Å². The highest BCUT2D eigenvalue weighted by Gasteiger charge is 2.05. The SMILES string of the molecule is CSc1nccc(-c2ccc(S(=O)[O-])s2)n1. The van der Waals surface area contributed by atoms with Gasteiger partial charge in [0.2, 0.25) is 0 Å². The number of rotatable bonds is 3. The van der Waals surface area contributed by atoms with Gasteiger partial charge >= 0.3 is 0 Å². The molecule has 0 aliphatic carbocycles. The lowest BCUT2D eigenvalue weighted by Gasteiger charge is -2.00. The third-order valence-corrected chi connectivity index (χ3v) is 4.40. The molecule has 0 radical (unpaired) electrons. The Morgan fingerprint density at radius 3 is 2.88 bits per heavy atom. The summed E-state index contributed by atoms with van der Waals surface area (Å²) >= 11 is 0.483. The van der Waals surface area contributed by atoms with E-state index in [1.165, 1.54) is 23.1 Å². The number of thiophene rings is 1. The van der Waals surface area contributed by atoms with Crippen molar-refractivity contribution < 1.29 is 8.76 Å². The Bertz CT molecular complexity index is 527. The largest absolute Gasteiger partial charge is 0.768 e. The lowest BCUT2D eigenvalue weighted by molar-refractivity contribution is 0.539. The first-order valence-electron chi connectivity index (χ1n) is 4.27. The van der Waals surface area contributed by atoms with Gasteiger partial charge < -0.3 is 4.55 Å². The Hall–Kier alpha value is -0.760. The van der Waals surface area contributed by atoms with Gasteiger partial charge in [-0.05, 0) is 35.5 Å². The van der Waals surface area contributed by atoms with Gasteiger partial charge in [-0.15, -0.1) is 11.3 Å². The predicted molar refractivity (Wildman–Crippen MR) is 64.3 cm³/mol. The van der Waals surface area contributed by atoms with Gasteiger partial charge in [-0.25, -0.2) is 9.97 Å². The number of thioether (sulfide) groups is 1. The second kappa shape index (κ2) is 5.05. The fraction of sp³-hybridized carbons (Fsp3) is 0.111. The van der Waals surface area contributed by atoms with Crippen LogP contribution in [-0.2, 0) is 11.1 Å². The van der Waals surface area contributed by atoms with Crippen LogP contribution in [0.2, 0.25) is 0 Å². The van der Waals surface area contributed by atoms with E-state index in [4.69, 9.17) is 0 Å². The summed E-state index contributed by atoms with van der Waals surface area (Å²) < 4.78 is 21.8. The first-order chi connectivity index (χ1) is 7.70. The highest BCUT2D eigenvalue weighted by Crippen LogP contribution is 2.28. The minimum atomic E-state index is -2.17. The van der Waals surface area contributed by atoms with E-state index in [1.807, 2.05) is 6.26 Å². The lowest BCUT2D eigenvalue weighted by atomic mass is 10.3. The van der Waals surface area contributed by atoms with E-state index in [0.717, 1.165) is 10.6 Å². The van der Waals surface area contributed by atoms with E-state index < -0.39 is 11.1 Å². The molecule has 0 N–H and O–H groups in total. The number of hydrogen-bond acceptors (Lipinski definition) is 6. The molecule has 0 saturated carbocycles. The zero-order valence-corrected chi connectivity index (χ0v) is 10.7. The molecule has 0 amide bonds. The molecule has 84 valence electrons. The summed E-state index contributed by atoms with van der Waals surface area (Å²) in [5.74, 6) is 0. The van der Waals surface area contributed by atoms with Crippen LogP contribution < -0.4 is 0 Å². The third kappa shape index (κ3) is 2.49. The van der Waals surface area contributed by atoms with E-state index in [2.05, 4.69) is 9.97 Å². The van der Waals surface area contributed by atoms with Gasteiger partial charge in [-0.1, -0.05) is 11.8 Å². The maximum Gasteiger partial charge on any atom is 0.187 e. The molecular formula is C9H7N2O2S3-. The molecule has 0 aliphatic heterocycles. The first kappa shape index (κ1) is 11.7. The zero-order valence-electron chi connectivity index (χ0n) is 8.25. The van der Waals surface area contributed by atoms with Crippen LogP contribution in [0.1, 0.15) is 0 Å². The van der Waals surface area contributed by atoms with Crippen LogP contribution in [0.3, 0.4) is 0 Å². The first-order valence-corrected chi connectivity index (χ1v) is 7.39. The summed E-state index contributed by atoms with van der Waals surface area (Å²) in [5, 5.41) is 0.677. The lowest BCUT2D eigenvalue weighted by Crippen LogP contribution is -1.86. The van der Waals surface area contributed by atoms with Crippen molar-refractivity contribution in [3.8, 4) is 10.6 Å². The van der Waals surface area contributed by atoms with Crippen molar-refractivity contribution in [1.29, 1.82) is 0 Å². The van der Waals surface area contributed by atoms with E-state index in [-0.39, 0.29) is 0 Å². The Kier molecular flexibility index (Phi) is 3.70. The molecule has 0 spiro atoms. The summed E-state index contributed by atoms with van der Waals surface area (Å²) in [6.07, 6.45) is 3.56. The van der Waals surface area contributed by atoms with Crippen LogP contribution in [0.4, 0.5) is 0 Å². The highest BCUT2D eigenvalue weighted by atomic mass is 32.2. The maximum absolute atomic E-state index is 10.7. The molecule has 0 fully saturated rings. The molecule has 2 aromatic heterocycles. The van der Waals surface area contributed by atoms with Crippen molar-refractivity contribution in [1.82, 2.24) is 9.97 Å². The predicted octanol–water partition coefficient (Wildman–Crippen LogP) is 2.17. The molecule has 0 aromatic carbocycles. The molecule has 1 atom stereocenters. The molecule has 2 rings (SSSR count). The summed E-state index contributed by atoms with van der Waals surface area (Å²) in [7, 11) is 0. The second-order valence-corrected chi connectivity index (χ2v) is 5.81. The Labute approximate surface area is 103 Å². The number of nitrogens with zero attached hydrogens (tertiary/aromatic N) is 2. The fourth-order valence-electron chi connectivity index (χ4n) is 1.12. The van der Waals surface area contributed by atoms with Crippen LogP contribution >= 0.6 is 23.1 Å². The second-order valence-electron chi connectivity index (χ2n) is 2.78. The van der Waals surface area contributed by atoms with Crippen molar-refractivity contribution in [2.24, 2.45) is 0 Å². The average Bonchev–Trinajstić information content (AvgIpc) is 2.78. The summed E-state index contributed by atoms with van der Waals surface area (Å²) in [6.45, 7) is 0. The topological polar surface area (TPSA) is 65.9 Å². The van der Waals surface area contributed by atoms with Gasteiger partial charge in [0.15, 0.2) is 5.16 Å². The molecule has 2 aromatic rings. The standard InChI is InChI=1S/C9H8N2O2S3/c1-14-9-10-5-4-6(11-9)7-2-3-8(15-7)16(12)13/h2-5H,1H3,(H,12,13)/p-1.